The van der Waals surface area contributed by atoms with Crippen LogP contribution in [0.15, 0.2) is 23.4 Å². The summed E-state index contributed by atoms with van der Waals surface area (Å²) in [7, 11) is 1.57. The molecule has 0 bridgehead atoms. The Kier molecular flexibility index (Phi) is 2.39. The van der Waals surface area contributed by atoms with E-state index in [9.17, 15) is 0 Å². The fourth-order valence-corrected chi connectivity index (χ4v) is 1.59. The molecule has 1 aliphatic heterocycles. The predicted octanol–water partition coefficient (Wildman–Crippen LogP) is 2.13. The summed E-state index contributed by atoms with van der Waals surface area (Å²) in [6.07, 6.45) is 0.810. The second-order valence-electron chi connectivity index (χ2n) is 3.32. The summed E-state index contributed by atoms with van der Waals surface area (Å²) >= 11 is 0. The molecule has 0 unspecified atom stereocenters. The molecule has 0 amide bonds. The van der Waals surface area contributed by atoms with E-state index in [-0.39, 0.29) is 0 Å². The number of benzene rings is 1. The molecule has 1 aromatic rings. The fourth-order valence-electron chi connectivity index (χ4n) is 1.59. The van der Waals surface area contributed by atoms with E-state index < -0.39 is 0 Å². The number of hydrogen-bond acceptors (Lipinski definition) is 3. The van der Waals surface area contributed by atoms with Crippen LogP contribution in [0.1, 0.15) is 17.5 Å². The maximum Gasteiger partial charge on any atom is 0.128 e. The van der Waals surface area contributed by atoms with Gasteiger partial charge in [-0.1, -0.05) is 16.8 Å². The average Bonchev–Trinajstić information content (AvgIpc) is 2.19. The monoisotopic (exact) mass is 191 g/mol. The highest BCUT2D eigenvalue weighted by Gasteiger charge is 2.16. The van der Waals surface area contributed by atoms with Gasteiger partial charge >= 0.3 is 0 Å². The zero-order valence-corrected chi connectivity index (χ0v) is 8.41. The Morgan fingerprint density at radius 2 is 2.29 bits per heavy atom. The van der Waals surface area contributed by atoms with Gasteiger partial charge in [-0.3, -0.25) is 0 Å². The topological polar surface area (TPSA) is 30.8 Å². The summed E-state index contributed by atoms with van der Waals surface area (Å²) in [5.74, 6) is 0.901. The Hall–Kier alpha value is -1.51. The molecule has 0 saturated heterocycles. The third-order valence-corrected chi connectivity index (χ3v) is 2.24. The zero-order valence-electron chi connectivity index (χ0n) is 8.41. The highest BCUT2D eigenvalue weighted by Crippen LogP contribution is 2.25. The molecule has 0 fully saturated rings. The van der Waals surface area contributed by atoms with Gasteiger partial charge in [-0.25, -0.2) is 0 Å². The minimum atomic E-state index is 0.679. The SMILES string of the molecule is CON=C1CCOc2ccc(C)cc21. The minimum absolute atomic E-state index is 0.679. The first kappa shape index (κ1) is 9.06. The van der Waals surface area contributed by atoms with Crippen LogP contribution in [0.25, 0.3) is 0 Å². The van der Waals surface area contributed by atoms with E-state index in [1.807, 2.05) is 12.1 Å². The zero-order chi connectivity index (χ0) is 9.97. The van der Waals surface area contributed by atoms with Gasteiger partial charge in [0, 0.05) is 12.0 Å². The van der Waals surface area contributed by atoms with Gasteiger partial charge in [0.2, 0.25) is 0 Å². The fraction of sp³-hybridized carbons (Fsp3) is 0.364. The van der Waals surface area contributed by atoms with E-state index in [0.717, 1.165) is 23.4 Å². The van der Waals surface area contributed by atoms with E-state index in [0.29, 0.717) is 6.61 Å². The maximum absolute atomic E-state index is 5.52. The molecule has 3 heteroatoms. The van der Waals surface area contributed by atoms with Crippen LogP contribution in [0.3, 0.4) is 0 Å². The van der Waals surface area contributed by atoms with Crippen molar-refractivity contribution in [3.8, 4) is 5.75 Å². The lowest BCUT2D eigenvalue weighted by atomic mass is 10.0. The Morgan fingerprint density at radius 1 is 1.43 bits per heavy atom. The molecule has 2 rings (SSSR count). The number of aryl methyl sites for hydroxylation is 1. The van der Waals surface area contributed by atoms with Crippen LogP contribution in [0.4, 0.5) is 0 Å². The lowest BCUT2D eigenvalue weighted by molar-refractivity contribution is 0.210. The molecule has 3 nitrogen and oxygen atoms in total. The highest BCUT2D eigenvalue weighted by atomic mass is 16.6. The van der Waals surface area contributed by atoms with Gasteiger partial charge in [-0.15, -0.1) is 0 Å². The van der Waals surface area contributed by atoms with E-state index in [4.69, 9.17) is 9.57 Å². The first-order valence-corrected chi connectivity index (χ1v) is 4.65. The van der Waals surface area contributed by atoms with Crippen LogP contribution in [0.2, 0.25) is 0 Å². The van der Waals surface area contributed by atoms with Gasteiger partial charge in [0.25, 0.3) is 0 Å². The number of rotatable bonds is 1. The summed E-state index contributed by atoms with van der Waals surface area (Å²) in [6.45, 7) is 2.73. The van der Waals surface area contributed by atoms with Crippen LogP contribution in [0.5, 0.6) is 5.75 Å². The number of hydrogen-bond donors (Lipinski definition) is 0. The Morgan fingerprint density at radius 3 is 3.07 bits per heavy atom. The number of nitrogens with zero attached hydrogens (tertiary/aromatic N) is 1. The largest absolute Gasteiger partial charge is 0.492 e. The molecule has 0 saturated carbocycles. The van der Waals surface area contributed by atoms with E-state index in [1.54, 1.807) is 7.11 Å². The van der Waals surface area contributed by atoms with E-state index in [1.165, 1.54) is 5.56 Å². The van der Waals surface area contributed by atoms with Crippen molar-refractivity contribution in [3.63, 3.8) is 0 Å². The van der Waals surface area contributed by atoms with E-state index in [2.05, 4.69) is 18.1 Å². The van der Waals surface area contributed by atoms with Crippen molar-refractivity contribution in [2.24, 2.45) is 5.16 Å². The Bertz CT molecular complexity index is 372. The summed E-state index contributed by atoms with van der Waals surface area (Å²) < 4.78 is 5.52. The van der Waals surface area contributed by atoms with Crippen molar-refractivity contribution in [2.45, 2.75) is 13.3 Å². The van der Waals surface area contributed by atoms with Gasteiger partial charge in [0.05, 0.1) is 12.3 Å². The third-order valence-electron chi connectivity index (χ3n) is 2.24. The third kappa shape index (κ3) is 1.58. The molecular formula is C11H13NO2. The van der Waals surface area contributed by atoms with Gasteiger partial charge in [0.1, 0.15) is 12.9 Å². The molecule has 0 spiro atoms. The molecule has 0 N–H and O–H groups in total. The summed E-state index contributed by atoms with van der Waals surface area (Å²) in [5, 5.41) is 4.00. The summed E-state index contributed by atoms with van der Waals surface area (Å²) in [4.78, 5) is 4.81. The molecule has 1 aliphatic rings. The first-order valence-electron chi connectivity index (χ1n) is 4.65. The molecule has 0 atom stereocenters. The summed E-state index contributed by atoms with van der Waals surface area (Å²) in [5.41, 5.74) is 3.23. The Balaban J connectivity index is 2.47. The van der Waals surface area contributed by atoms with Crippen molar-refractivity contribution in [1.29, 1.82) is 0 Å². The molecule has 14 heavy (non-hydrogen) atoms. The van der Waals surface area contributed by atoms with E-state index >= 15 is 0 Å². The maximum atomic E-state index is 5.52. The van der Waals surface area contributed by atoms with Gasteiger partial charge < -0.3 is 9.57 Å². The van der Waals surface area contributed by atoms with Gasteiger partial charge in [-0.2, -0.15) is 0 Å². The molecular weight excluding hydrogens is 178 g/mol. The Labute approximate surface area is 83.3 Å². The normalized spacial score (nSPS) is 17.4. The van der Waals surface area contributed by atoms with Crippen molar-refractivity contribution in [2.75, 3.05) is 13.7 Å². The summed E-state index contributed by atoms with van der Waals surface area (Å²) in [6, 6.07) is 6.09. The van der Waals surface area contributed by atoms with Crippen LogP contribution in [-0.2, 0) is 4.84 Å². The van der Waals surface area contributed by atoms with Gasteiger partial charge in [-0.05, 0) is 19.1 Å². The van der Waals surface area contributed by atoms with Crippen LogP contribution in [-0.4, -0.2) is 19.4 Å². The number of oxime groups is 1. The molecule has 0 radical (unpaired) electrons. The average molecular weight is 191 g/mol. The molecule has 0 aliphatic carbocycles. The van der Waals surface area contributed by atoms with Crippen LogP contribution >= 0.6 is 0 Å². The molecule has 1 heterocycles. The second kappa shape index (κ2) is 3.70. The lowest BCUT2D eigenvalue weighted by Gasteiger charge is -2.18. The molecule has 1 aromatic carbocycles. The smallest absolute Gasteiger partial charge is 0.128 e. The quantitative estimate of drug-likeness (QED) is 0.637. The van der Waals surface area contributed by atoms with Crippen LogP contribution in [0, 0.1) is 6.92 Å². The standard InChI is InChI=1S/C11H13NO2/c1-8-3-4-11-9(7-8)10(12-13-2)5-6-14-11/h3-4,7H,5-6H2,1-2H3. The molecule has 74 valence electrons. The van der Waals surface area contributed by atoms with Crippen molar-refractivity contribution >= 4 is 5.71 Å². The van der Waals surface area contributed by atoms with Crippen molar-refractivity contribution < 1.29 is 9.57 Å². The highest BCUT2D eigenvalue weighted by molar-refractivity contribution is 6.03. The number of ether oxygens (including phenoxy) is 1. The number of fused-ring (bicyclic) bond motifs is 1. The van der Waals surface area contributed by atoms with Crippen molar-refractivity contribution in [1.82, 2.24) is 0 Å². The first-order chi connectivity index (χ1) is 6.81. The molecule has 0 aromatic heterocycles. The van der Waals surface area contributed by atoms with Crippen molar-refractivity contribution in [3.05, 3.63) is 29.3 Å². The second-order valence-corrected chi connectivity index (χ2v) is 3.32. The van der Waals surface area contributed by atoms with Crippen LogP contribution < -0.4 is 4.74 Å². The lowest BCUT2D eigenvalue weighted by Crippen LogP contribution is -2.16. The minimum Gasteiger partial charge on any atom is -0.492 e. The van der Waals surface area contributed by atoms with Gasteiger partial charge in [0.15, 0.2) is 0 Å². The predicted molar refractivity (Wildman–Crippen MR) is 54.8 cm³/mol.